The molecule has 0 aliphatic heterocycles. The van der Waals surface area contributed by atoms with Crippen LogP contribution in [0, 0.1) is 10.1 Å². The number of nitrogens with zero attached hydrogens (tertiary/aromatic N) is 3. The summed E-state index contributed by atoms with van der Waals surface area (Å²) in [5.74, 6) is -1.04. The van der Waals surface area contributed by atoms with Crippen molar-refractivity contribution < 1.29 is 14.8 Å². The normalized spacial score (nSPS) is 10.1. The van der Waals surface area contributed by atoms with E-state index in [0.717, 1.165) is 25.1 Å². The summed E-state index contributed by atoms with van der Waals surface area (Å²) < 4.78 is 0. The van der Waals surface area contributed by atoms with E-state index < -0.39 is 10.9 Å². The Hall–Kier alpha value is -2.18. The van der Waals surface area contributed by atoms with E-state index in [4.69, 9.17) is 5.11 Å². The molecule has 0 aromatic carbocycles. The predicted molar refractivity (Wildman–Crippen MR) is 66.0 cm³/mol. The quantitative estimate of drug-likeness (QED) is 0.614. The molecule has 0 bridgehead atoms. The van der Waals surface area contributed by atoms with Crippen LogP contribution in [-0.4, -0.2) is 34.6 Å². The minimum absolute atomic E-state index is 0.186. The van der Waals surface area contributed by atoms with Gasteiger partial charge in [0.1, 0.15) is 0 Å². The van der Waals surface area contributed by atoms with E-state index in [9.17, 15) is 14.9 Å². The summed E-state index contributed by atoms with van der Waals surface area (Å²) in [6, 6.07) is 1.03. The van der Waals surface area contributed by atoms with Gasteiger partial charge in [-0.25, -0.2) is 9.78 Å². The summed E-state index contributed by atoms with van der Waals surface area (Å²) in [7, 11) is 1.70. The van der Waals surface area contributed by atoms with Crippen LogP contribution in [0.15, 0.2) is 12.3 Å². The zero-order valence-corrected chi connectivity index (χ0v) is 10.3. The molecular weight excluding hydrogens is 238 g/mol. The highest BCUT2D eigenvalue weighted by Crippen LogP contribution is 2.25. The number of hydrogen-bond acceptors (Lipinski definition) is 5. The van der Waals surface area contributed by atoms with Crippen LogP contribution in [0.2, 0.25) is 0 Å². The number of hydrogen-bond donors (Lipinski definition) is 1. The van der Waals surface area contributed by atoms with Crippen molar-refractivity contribution >= 4 is 17.5 Å². The Kier molecular flexibility index (Phi) is 4.59. The lowest BCUT2D eigenvalue weighted by molar-refractivity contribution is -0.384. The number of carboxylic acids is 1. The van der Waals surface area contributed by atoms with E-state index in [2.05, 4.69) is 4.98 Å². The van der Waals surface area contributed by atoms with E-state index in [1.807, 2.05) is 6.92 Å². The lowest BCUT2D eigenvalue weighted by Crippen LogP contribution is -2.21. The fourth-order valence-electron chi connectivity index (χ4n) is 1.49. The van der Waals surface area contributed by atoms with Gasteiger partial charge in [0, 0.05) is 25.9 Å². The number of aromatic nitrogens is 1. The molecule has 0 aliphatic carbocycles. The van der Waals surface area contributed by atoms with Gasteiger partial charge >= 0.3 is 11.7 Å². The second-order valence-electron chi connectivity index (χ2n) is 3.90. The highest BCUT2D eigenvalue weighted by molar-refractivity contribution is 5.88. The summed E-state index contributed by atoms with van der Waals surface area (Å²) in [6.45, 7) is 2.65. The number of unbranched alkanes of at least 4 members (excludes halogenated alkanes) is 1. The molecule has 1 N–H and O–H groups in total. The number of carboxylic acid groups (broad SMARTS) is 1. The fraction of sp³-hybridized carbons (Fsp3) is 0.455. The van der Waals surface area contributed by atoms with Crippen molar-refractivity contribution in [2.75, 3.05) is 18.5 Å². The molecule has 0 saturated heterocycles. The minimum atomic E-state index is -1.23. The average Bonchev–Trinajstić information content (AvgIpc) is 2.34. The van der Waals surface area contributed by atoms with Gasteiger partial charge in [-0.1, -0.05) is 13.3 Å². The Morgan fingerprint density at radius 3 is 2.78 bits per heavy atom. The fourth-order valence-corrected chi connectivity index (χ4v) is 1.49. The maximum Gasteiger partial charge on any atom is 0.337 e. The third-order valence-electron chi connectivity index (χ3n) is 2.50. The van der Waals surface area contributed by atoms with Gasteiger partial charge in [0.25, 0.3) is 0 Å². The van der Waals surface area contributed by atoms with Crippen molar-refractivity contribution in [3.05, 3.63) is 27.9 Å². The second kappa shape index (κ2) is 5.95. The minimum Gasteiger partial charge on any atom is -0.478 e. The van der Waals surface area contributed by atoms with E-state index in [1.165, 1.54) is 0 Å². The van der Waals surface area contributed by atoms with Gasteiger partial charge in [0.2, 0.25) is 5.82 Å². The standard InChI is InChI=1S/C11H15N3O4/c1-3-4-5-13(2)10-9(14(17)18)6-8(7-12-10)11(15)16/h6-7H,3-5H2,1-2H3,(H,15,16). The van der Waals surface area contributed by atoms with Gasteiger partial charge in [-0.2, -0.15) is 0 Å². The molecule has 0 saturated carbocycles. The highest BCUT2D eigenvalue weighted by Gasteiger charge is 2.21. The molecule has 18 heavy (non-hydrogen) atoms. The number of carbonyl (C=O) groups is 1. The number of aromatic carboxylic acids is 1. The van der Waals surface area contributed by atoms with Crippen LogP contribution < -0.4 is 4.90 Å². The molecule has 0 fully saturated rings. The molecule has 0 unspecified atom stereocenters. The van der Waals surface area contributed by atoms with Crippen LogP contribution in [0.5, 0.6) is 0 Å². The van der Waals surface area contributed by atoms with Gasteiger partial charge in [-0.15, -0.1) is 0 Å². The Morgan fingerprint density at radius 1 is 1.61 bits per heavy atom. The molecule has 98 valence electrons. The summed E-state index contributed by atoms with van der Waals surface area (Å²) >= 11 is 0. The van der Waals surface area contributed by atoms with Crippen LogP contribution in [0.3, 0.4) is 0 Å². The van der Waals surface area contributed by atoms with Gasteiger partial charge < -0.3 is 10.0 Å². The van der Waals surface area contributed by atoms with Crippen molar-refractivity contribution in [2.45, 2.75) is 19.8 Å². The van der Waals surface area contributed by atoms with E-state index in [0.29, 0.717) is 6.54 Å². The molecule has 1 heterocycles. The van der Waals surface area contributed by atoms with Gasteiger partial charge in [-0.3, -0.25) is 10.1 Å². The molecule has 1 aromatic rings. The average molecular weight is 253 g/mol. The number of anilines is 1. The van der Waals surface area contributed by atoms with Crippen LogP contribution in [0.25, 0.3) is 0 Å². The lowest BCUT2D eigenvalue weighted by Gasteiger charge is -2.17. The molecule has 0 radical (unpaired) electrons. The molecule has 1 rings (SSSR count). The zero-order chi connectivity index (χ0) is 13.7. The van der Waals surface area contributed by atoms with E-state index in [1.54, 1.807) is 11.9 Å². The largest absolute Gasteiger partial charge is 0.478 e. The van der Waals surface area contributed by atoms with Crippen molar-refractivity contribution in [2.24, 2.45) is 0 Å². The molecule has 7 nitrogen and oxygen atoms in total. The molecule has 0 spiro atoms. The van der Waals surface area contributed by atoms with E-state index in [-0.39, 0.29) is 17.1 Å². The van der Waals surface area contributed by atoms with Gasteiger partial charge in [0.15, 0.2) is 0 Å². The summed E-state index contributed by atoms with van der Waals surface area (Å²) in [5.41, 5.74) is -0.470. The van der Waals surface area contributed by atoms with Crippen molar-refractivity contribution in [1.82, 2.24) is 4.98 Å². The first kappa shape index (κ1) is 13.9. The molecule has 0 atom stereocenters. The SMILES string of the molecule is CCCCN(C)c1ncc(C(=O)O)cc1[N+](=O)[O-]. The number of rotatable bonds is 6. The van der Waals surface area contributed by atoms with Gasteiger partial charge in [0.05, 0.1) is 10.5 Å². The van der Waals surface area contributed by atoms with E-state index >= 15 is 0 Å². The molecular formula is C11H15N3O4. The maximum absolute atomic E-state index is 10.9. The van der Waals surface area contributed by atoms with Crippen LogP contribution in [0.4, 0.5) is 11.5 Å². The topological polar surface area (TPSA) is 96.6 Å². The van der Waals surface area contributed by atoms with Gasteiger partial charge in [-0.05, 0) is 6.42 Å². The Labute approximate surface area is 104 Å². The van der Waals surface area contributed by atoms with Crippen molar-refractivity contribution in [3.63, 3.8) is 0 Å². The van der Waals surface area contributed by atoms with Crippen LogP contribution in [-0.2, 0) is 0 Å². The molecule has 1 aromatic heterocycles. The third-order valence-corrected chi connectivity index (χ3v) is 2.50. The predicted octanol–water partition coefficient (Wildman–Crippen LogP) is 1.92. The first-order valence-electron chi connectivity index (χ1n) is 5.56. The monoisotopic (exact) mass is 253 g/mol. The summed E-state index contributed by atoms with van der Waals surface area (Å²) in [5, 5.41) is 19.7. The first-order chi connectivity index (χ1) is 8.47. The third kappa shape index (κ3) is 3.16. The molecule has 0 amide bonds. The van der Waals surface area contributed by atoms with Crippen LogP contribution >= 0.6 is 0 Å². The number of pyridine rings is 1. The highest BCUT2D eigenvalue weighted by atomic mass is 16.6. The summed E-state index contributed by atoms with van der Waals surface area (Å²) in [6.07, 6.45) is 2.98. The van der Waals surface area contributed by atoms with Crippen LogP contribution in [0.1, 0.15) is 30.1 Å². The maximum atomic E-state index is 10.9. The smallest absolute Gasteiger partial charge is 0.337 e. The second-order valence-corrected chi connectivity index (χ2v) is 3.90. The van der Waals surface area contributed by atoms with Crippen molar-refractivity contribution in [1.29, 1.82) is 0 Å². The Balaban J connectivity index is 3.11. The first-order valence-corrected chi connectivity index (χ1v) is 5.56. The number of nitro groups is 1. The lowest BCUT2D eigenvalue weighted by atomic mass is 10.2. The van der Waals surface area contributed by atoms with Crippen molar-refractivity contribution in [3.8, 4) is 0 Å². The summed E-state index contributed by atoms with van der Waals surface area (Å²) in [4.78, 5) is 26.6. The molecule has 7 heteroatoms. The Morgan fingerprint density at radius 2 is 2.28 bits per heavy atom. The Bertz CT molecular complexity index is 462. The zero-order valence-electron chi connectivity index (χ0n) is 10.3. The molecule has 0 aliphatic rings.